The summed E-state index contributed by atoms with van der Waals surface area (Å²) >= 11 is 0. The monoisotopic (exact) mass is 608 g/mol. The molecule has 1 saturated carbocycles. The van der Waals surface area contributed by atoms with Crippen LogP contribution in [0.1, 0.15) is 38.5 Å². The van der Waals surface area contributed by atoms with Crippen LogP contribution in [0.4, 0.5) is 0 Å². The van der Waals surface area contributed by atoms with Gasteiger partial charge in [-0.15, -0.1) is 0 Å². The van der Waals surface area contributed by atoms with Crippen LogP contribution in [0, 0.1) is 0 Å². The van der Waals surface area contributed by atoms with Gasteiger partial charge in [-0.25, -0.2) is 0 Å². The van der Waals surface area contributed by atoms with Crippen molar-refractivity contribution in [1.82, 2.24) is 5.32 Å². The summed E-state index contributed by atoms with van der Waals surface area (Å²) in [6.45, 7) is 0.347. The normalized spacial score (nSPS) is 45.6. The molecule has 3 heterocycles. The van der Waals surface area contributed by atoms with Gasteiger partial charge < -0.3 is 82.8 Å². The summed E-state index contributed by atoms with van der Waals surface area (Å²) in [4.78, 5) is 0. The molecule has 0 aromatic carbocycles. The molecule has 16 heteroatoms. The molecule has 0 aromatic heterocycles. The topological polar surface area (TPSA) is 278 Å². The van der Waals surface area contributed by atoms with E-state index in [9.17, 15) is 20.4 Å². The Hall–Kier alpha value is -0.640. The van der Waals surface area contributed by atoms with Crippen molar-refractivity contribution in [2.75, 3.05) is 32.8 Å². The van der Waals surface area contributed by atoms with Gasteiger partial charge in [0.25, 0.3) is 0 Å². The number of nitrogens with one attached hydrogen (secondary N) is 1. The lowest BCUT2D eigenvalue weighted by Gasteiger charge is -2.47. The summed E-state index contributed by atoms with van der Waals surface area (Å²) in [5, 5.41) is 45.8. The molecule has 0 spiro atoms. The molecule has 0 bridgehead atoms. The van der Waals surface area contributed by atoms with Crippen molar-refractivity contribution >= 4 is 0 Å². The van der Waals surface area contributed by atoms with Gasteiger partial charge in [0.1, 0.15) is 30.5 Å². The molecule has 16 nitrogen and oxygen atoms in total. The van der Waals surface area contributed by atoms with Crippen molar-refractivity contribution < 1.29 is 48.8 Å². The lowest BCUT2D eigenvalue weighted by molar-refractivity contribution is -0.288. The maximum Gasteiger partial charge on any atom is 0.187 e. The van der Waals surface area contributed by atoms with E-state index in [0.29, 0.717) is 32.4 Å². The quantitative estimate of drug-likeness (QED) is 0.0939. The van der Waals surface area contributed by atoms with Gasteiger partial charge in [0.05, 0.1) is 37.1 Å². The van der Waals surface area contributed by atoms with Crippen molar-refractivity contribution in [2.45, 2.75) is 130 Å². The maximum atomic E-state index is 11.5. The first kappa shape index (κ1) is 34.2. The van der Waals surface area contributed by atoms with Crippen LogP contribution in [0.25, 0.3) is 0 Å². The van der Waals surface area contributed by atoms with Crippen LogP contribution in [-0.2, 0) is 28.4 Å². The third kappa shape index (κ3) is 8.33. The number of ether oxygens (including phenoxy) is 6. The number of rotatable bonds is 13. The summed E-state index contributed by atoms with van der Waals surface area (Å²) in [7, 11) is 0. The van der Waals surface area contributed by atoms with Gasteiger partial charge in [-0.2, -0.15) is 0 Å². The fourth-order valence-corrected chi connectivity index (χ4v) is 6.08. The predicted octanol–water partition coefficient (Wildman–Crippen LogP) is -4.77. The molecule has 3 aliphatic heterocycles. The van der Waals surface area contributed by atoms with Gasteiger partial charge in [0, 0.05) is 38.3 Å². The largest absolute Gasteiger partial charge is 0.394 e. The average Bonchev–Trinajstić information content (AvgIpc) is 3.29. The van der Waals surface area contributed by atoms with Gasteiger partial charge in [0.15, 0.2) is 18.9 Å². The van der Waals surface area contributed by atoms with E-state index < -0.39 is 86.3 Å². The van der Waals surface area contributed by atoms with Crippen LogP contribution in [0.15, 0.2) is 0 Å². The Kier molecular flexibility index (Phi) is 13.1. The van der Waals surface area contributed by atoms with Gasteiger partial charge in [-0.1, -0.05) is 0 Å². The fourth-order valence-electron chi connectivity index (χ4n) is 6.08. The number of aliphatic hydroxyl groups is 4. The Morgan fingerprint density at radius 3 is 2.19 bits per heavy atom. The molecule has 15 atom stereocenters. The molecule has 4 rings (SSSR count). The van der Waals surface area contributed by atoms with E-state index in [1.807, 2.05) is 0 Å². The molecular formula is C26H52N6O10. The third-order valence-electron chi connectivity index (χ3n) is 8.60. The lowest BCUT2D eigenvalue weighted by Crippen LogP contribution is -2.66. The summed E-state index contributed by atoms with van der Waals surface area (Å²) < 4.78 is 36.2. The highest BCUT2D eigenvalue weighted by atomic mass is 16.8. The highest BCUT2D eigenvalue weighted by molar-refractivity contribution is 5.02. The molecule has 0 amide bonds. The number of nitrogens with two attached hydrogens (primary N) is 5. The van der Waals surface area contributed by atoms with Gasteiger partial charge in [0.2, 0.25) is 0 Å². The van der Waals surface area contributed by atoms with Crippen LogP contribution in [0.2, 0.25) is 0 Å². The van der Waals surface area contributed by atoms with Crippen LogP contribution < -0.4 is 34.0 Å². The number of aliphatic hydroxyl groups excluding tert-OH is 4. The molecular weight excluding hydrogens is 556 g/mol. The third-order valence-corrected chi connectivity index (χ3v) is 8.60. The van der Waals surface area contributed by atoms with Crippen molar-refractivity contribution in [3.63, 3.8) is 0 Å². The minimum atomic E-state index is -1.34. The second-order valence-corrected chi connectivity index (χ2v) is 11.8. The summed E-state index contributed by atoms with van der Waals surface area (Å²) in [6, 6.07) is -1.72. The number of hydrogen-bond donors (Lipinski definition) is 10. The van der Waals surface area contributed by atoms with Crippen LogP contribution in [0.5, 0.6) is 0 Å². The molecule has 1 unspecified atom stereocenters. The average molecular weight is 609 g/mol. The van der Waals surface area contributed by atoms with Crippen molar-refractivity contribution in [1.29, 1.82) is 0 Å². The van der Waals surface area contributed by atoms with Crippen LogP contribution in [-0.4, -0.2) is 145 Å². The van der Waals surface area contributed by atoms with E-state index in [-0.39, 0.29) is 31.7 Å². The molecule has 1 aliphatic carbocycles. The zero-order chi connectivity index (χ0) is 30.4. The SMILES string of the molecule is NCC(O)CN[C@@H]1C[C@H](N)[C@@H](O[C@H]2O[C@H](CN)CC[C@H]2N)[C@H](O[C@@H]2O[C@H](CO)[C@@H](O[C@@H]3CCC[C@H](CN)O3)[C@H]2O)[C@H]1O. The van der Waals surface area contributed by atoms with E-state index in [1.54, 1.807) is 0 Å². The Labute approximate surface area is 246 Å². The molecule has 246 valence electrons. The second-order valence-electron chi connectivity index (χ2n) is 11.8. The molecule has 4 aliphatic rings. The maximum absolute atomic E-state index is 11.5. The molecule has 42 heavy (non-hydrogen) atoms. The van der Waals surface area contributed by atoms with E-state index in [1.165, 1.54) is 0 Å². The van der Waals surface area contributed by atoms with Gasteiger partial charge in [-0.3, -0.25) is 0 Å². The Morgan fingerprint density at radius 1 is 0.786 bits per heavy atom. The zero-order valence-electron chi connectivity index (χ0n) is 24.1. The van der Waals surface area contributed by atoms with Crippen molar-refractivity contribution in [3.8, 4) is 0 Å². The Balaban J connectivity index is 1.50. The molecule has 4 fully saturated rings. The standard InChI is InChI=1S/C26H52N6O10/c27-7-12(34)10-32-17-6-16(31)22(41-25-15(30)5-4-14(9-29)38-25)24(20(17)35)42-26-21(36)23(18(11-33)39-26)40-19-3-1-2-13(8-28)37-19/h12-26,32-36H,1-11,27-31H2/t12?,13-,14+,15-,16+,17-,18-,19-,20+,21-,22-,23-,24-,25-,26+/m1/s1. The first-order chi connectivity index (χ1) is 20.2. The van der Waals surface area contributed by atoms with Gasteiger partial charge >= 0.3 is 0 Å². The molecule has 15 N–H and O–H groups in total. The molecule has 0 radical (unpaired) electrons. The predicted molar refractivity (Wildman–Crippen MR) is 148 cm³/mol. The van der Waals surface area contributed by atoms with Crippen LogP contribution >= 0.6 is 0 Å². The summed E-state index contributed by atoms with van der Waals surface area (Å²) in [6.07, 6.45) is -6.64. The lowest BCUT2D eigenvalue weighted by atomic mass is 9.83. The molecule has 0 aromatic rings. The Bertz CT molecular complexity index is 809. The second kappa shape index (κ2) is 16.1. The van der Waals surface area contributed by atoms with E-state index in [2.05, 4.69) is 5.32 Å². The van der Waals surface area contributed by atoms with E-state index in [0.717, 1.165) is 12.8 Å². The first-order valence-corrected chi connectivity index (χ1v) is 15.1. The summed E-state index contributed by atoms with van der Waals surface area (Å²) in [5.41, 5.74) is 30.0. The minimum absolute atomic E-state index is 0.0372. The summed E-state index contributed by atoms with van der Waals surface area (Å²) in [5.74, 6) is 0. The minimum Gasteiger partial charge on any atom is -0.394 e. The number of hydrogen-bond acceptors (Lipinski definition) is 16. The molecule has 3 saturated heterocycles. The van der Waals surface area contributed by atoms with Crippen LogP contribution in [0.3, 0.4) is 0 Å². The highest BCUT2D eigenvalue weighted by Crippen LogP contribution is 2.34. The van der Waals surface area contributed by atoms with Crippen molar-refractivity contribution in [2.24, 2.45) is 28.7 Å². The highest BCUT2D eigenvalue weighted by Gasteiger charge is 2.52. The van der Waals surface area contributed by atoms with Crippen molar-refractivity contribution in [3.05, 3.63) is 0 Å². The zero-order valence-corrected chi connectivity index (χ0v) is 24.1. The smallest absolute Gasteiger partial charge is 0.187 e. The van der Waals surface area contributed by atoms with Gasteiger partial charge in [-0.05, 0) is 38.5 Å². The first-order valence-electron chi connectivity index (χ1n) is 15.1. The van der Waals surface area contributed by atoms with E-state index in [4.69, 9.17) is 57.1 Å². The Morgan fingerprint density at radius 2 is 1.50 bits per heavy atom. The van der Waals surface area contributed by atoms with E-state index >= 15 is 0 Å². The fraction of sp³-hybridized carbons (Fsp3) is 1.00.